The molecule has 0 unspecified atom stereocenters. The minimum absolute atomic E-state index is 1.09. The van der Waals surface area contributed by atoms with Crippen molar-refractivity contribution in [3.63, 3.8) is 0 Å². The van der Waals surface area contributed by atoms with Crippen LogP contribution in [0.1, 0.15) is 0 Å². The lowest BCUT2D eigenvalue weighted by Gasteiger charge is -2.11. The van der Waals surface area contributed by atoms with Crippen LogP contribution >= 0.6 is 11.3 Å². The summed E-state index contributed by atoms with van der Waals surface area (Å²) in [5, 5.41) is 7.28. The van der Waals surface area contributed by atoms with Crippen molar-refractivity contribution in [1.82, 2.24) is 0 Å². The zero-order valence-electron chi connectivity index (χ0n) is 24.4. The lowest BCUT2D eigenvalue weighted by molar-refractivity contribution is 1.58. The van der Waals surface area contributed by atoms with E-state index in [1.54, 1.807) is 0 Å². The Kier molecular flexibility index (Phi) is 6.01. The summed E-state index contributed by atoms with van der Waals surface area (Å²) in [6.45, 7) is 0. The quantitative estimate of drug-likeness (QED) is 0.192. The summed E-state index contributed by atoms with van der Waals surface area (Å²) < 4.78 is 2.68. The molecule has 0 aliphatic rings. The molecule has 0 spiro atoms. The summed E-state index contributed by atoms with van der Waals surface area (Å²) in [6.07, 6.45) is 0. The minimum atomic E-state index is 1.09. The molecule has 0 saturated carbocycles. The summed E-state index contributed by atoms with van der Waals surface area (Å²) in [5.41, 5.74) is 9.72. The predicted molar refractivity (Wildman–Crippen MR) is 194 cm³/mol. The number of hydrogen-bond donors (Lipinski definition) is 0. The third-order valence-electron chi connectivity index (χ3n) is 8.88. The first-order valence-electron chi connectivity index (χ1n) is 15.3. The molecule has 208 valence electrons. The van der Waals surface area contributed by atoms with Crippen LogP contribution in [0.3, 0.4) is 0 Å². The number of hydrogen-bond acceptors (Lipinski definition) is 1. The molecule has 0 radical (unpaired) electrons. The van der Waals surface area contributed by atoms with Crippen molar-refractivity contribution < 1.29 is 0 Å². The van der Waals surface area contributed by atoms with E-state index < -0.39 is 0 Å². The molecule has 0 bridgehead atoms. The van der Waals surface area contributed by atoms with Crippen LogP contribution in [0.15, 0.2) is 158 Å². The van der Waals surface area contributed by atoms with Gasteiger partial charge in [-0.05, 0) is 85.6 Å². The molecule has 9 rings (SSSR count). The Morgan fingerprint density at radius 3 is 1.60 bits per heavy atom. The molecule has 0 amide bonds. The van der Waals surface area contributed by atoms with Gasteiger partial charge in [0.2, 0.25) is 0 Å². The van der Waals surface area contributed by atoms with Gasteiger partial charge in [-0.25, -0.2) is 0 Å². The second kappa shape index (κ2) is 10.5. The maximum absolute atomic E-state index is 3.46. The fourth-order valence-corrected chi connectivity index (χ4v) is 7.93. The first-order chi connectivity index (χ1) is 22.3. The Balaban J connectivity index is 1.11. The highest BCUT2D eigenvalue weighted by atomic mass is 32.1. The van der Waals surface area contributed by atoms with Crippen molar-refractivity contribution in [1.29, 1.82) is 0 Å². The molecule has 1 heteroatoms. The van der Waals surface area contributed by atoms with Gasteiger partial charge in [0.1, 0.15) is 0 Å². The molecule has 0 nitrogen and oxygen atoms in total. The second-order valence-electron chi connectivity index (χ2n) is 11.5. The van der Waals surface area contributed by atoms with Crippen LogP contribution in [0.4, 0.5) is 0 Å². The van der Waals surface area contributed by atoms with Crippen molar-refractivity contribution in [3.8, 4) is 44.5 Å². The number of fused-ring (bicyclic) bond motifs is 6. The van der Waals surface area contributed by atoms with Gasteiger partial charge in [0, 0.05) is 30.9 Å². The molecule has 0 N–H and O–H groups in total. The summed E-state index contributed by atoms with van der Waals surface area (Å²) >= 11 is 1.88. The lowest BCUT2D eigenvalue weighted by Crippen LogP contribution is -1.86. The second-order valence-corrected chi connectivity index (χ2v) is 12.6. The Bertz CT molecular complexity index is 2550. The predicted octanol–water partition coefficient (Wildman–Crippen LogP) is 12.6. The highest BCUT2D eigenvalue weighted by molar-refractivity contribution is 7.26. The molecule has 0 aliphatic heterocycles. The monoisotopic (exact) mass is 586 g/mol. The molecular formula is C44H26S. The summed E-state index contributed by atoms with van der Waals surface area (Å²) in [4.78, 5) is 0. The van der Waals surface area contributed by atoms with Crippen molar-refractivity contribution in [2.24, 2.45) is 0 Å². The molecule has 0 aliphatic carbocycles. The summed E-state index contributed by atoms with van der Waals surface area (Å²) in [5.74, 6) is 0. The largest absolute Gasteiger partial charge is 0.135 e. The highest BCUT2D eigenvalue weighted by Gasteiger charge is 2.12. The van der Waals surface area contributed by atoms with Crippen LogP contribution in [0.5, 0.6) is 0 Å². The van der Waals surface area contributed by atoms with Gasteiger partial charge in [-0.2, -0.15) is 0 Å². The number of benzene rings is 7. The van der Waals surface area contributed by atoms with Gasteiger partial charge in [0.25, 0.3) is 0 Å². The molecule has 9 aromatic rings. The van der Waals surface area contributed by atoms with Gasteiger partial charge in [0.15, 0.2) is 0 Å². The SMILES string of the molecule is c1c2ccccc2c2cccc(-c3cccc(-c4cccc(-c5cccc(-c6cccc7c6sc6ccccc67)c5)c4)c3)c2c#1. The van der Waals surface area contributed by atoms with Crippen LogP contribution in [-0.4, -0.2) is 0 Å². The van der Waals surface area contributed by atoms with Crippen LogP contribution in [0.2, 0.25) is 0 Å². The summed E-state index contributed by atoms with van der Waals surface area (Å²) in [7, 11) is 0. The number of rotatable bonds is 4. The molecule has 8 aromatic carbocycles. The van der Waals surface area contributed by atoms with Crippen LogP contribution in [0, 0.1) is 12.1 Å². The van der Waals surface area contributed by atoms with E-state index in [1.165, 1.54) is 75.5 Å². The smallest absolute Gasteiger partial charge is 0.0433 e. The maximum Gasteiger partial charge on any atom is 0.0433 e. The van der Waals surface area contributed by atoms with Gasteiger partial charge in [-0.3, -0.25) is 0 Å². The maximum atomic E-state index is 3.46. The van der Waals surface area contributed by atoms with Crippen molar-refractivity contribution >= 4 is 53.1 Å². The average Bonchev–Trinajstić information content (AvgIpc) is 3.50. The van der Waals surface area contributed by atoms with Crippen molar-refractivity contribution in [2.45, 2.75) is 0 Å². The summed E-state index contributed by atoms with van der Waals surface area (Å²) in [6, 6.07) is 63.9. The zero-order chi connectivity index (χ0) is 29.7. The Morgan fingerprint density at radius 2 is 0.867 bits per heavy atom. The first kappa shape index (κ1) is 25.8. The molecular weight excluding hydrogens is 561 g/mol. The fourth-order valence-electron chi connectivity index (χ4n) is 6.69. The minimum Gasteiger partial charge on any atom is -0.135 e. The van der Waals surface area contributed by atoms with Gasteiger partial charge < -0.3 is 0 Å². The lowest BCUT2D eigenvalue weighted by atomic mass is 9.93. The Hall–Kier alpha value is -5.68. The molecule has 0 fully saturated rings. The molecule has 1 aromatic heterocycles. The van der Waals surface area contributed by atoms with E-state index in [1.807, 2.05) is 11.3 Å². The van der Waals surface area contributed by atoms with Gasteiger partial charge in [-0.1, -0.05) is 140 Å². The zero-order valence-corrected chi connectivity index (χ0v) is 25.2. The van der Waals surface area contributed by atoms with Gasteiger partial charge >= 0.3 is 0 Å². The van der Waals surface area contributed by atoms with Crippen molar-refractivity contribution in [3.05, 3.63) is 170 Å². The fraction of sp³-hybridized carbons (Fsp3) is 0. The third kappa shape index (κ3) is 4.39. The molecule has 1 heterocycles. The van der Waals surface area contributed by atoms with E-state index in [-0.39, 0.29) is 0 Å². The van der Waals surface area contributed by atoms with Crippen molar-refractivity contribution in [2.75, 3.05) is 0 Å². The van der Waals surface area contributed by atoms with Crippen LogP contribution in [0.25, 0.3) is 86.2 Å². The highest BCUT2D eigenvalue weighted by Crippen LogP contribution is 2.41. The topological polar surface area (TPSA) is 0 Å². The third-order valence-corrected chi connectivity index (χ3v) is 10.1. The van der Waals surface area contributed by atoms with E-state index in [0.717, 1.165) is 10.8 Å². The van der Waals surface area contributed by atoms with Crippen LogP contribution in [-0.2, 0) is 0 Å². The van der Waals surface area contributed by atoms with Crippen LogP contribution < -0.4 is 0 Å². The van der Waals surface area contributed by atoms with E-state index in [4.69, 9.17) is 0 Å². The number of thiophene rings is 1. The standard InChI is InChI=1S/C44H26S/c1-2-17-36-29(10-1)24-25-40-37(19-8-21-39(36)40)34-15-6-13-32(27-34)30-11-5-12-31(26-30)33-14-7-16-35(28-33)38-20-9-22-42-41-18-3-4-23-43(41)45-44(38)42/h1-23,26-28H. The van der Waals surface area contributed by atoms with E-state index in [0.29, 0.717) is 0 Å². The Labute approximate surface area is 266 Å². The van der Waals surface area contributed by atoms with Gasteiger partial charge in [0.05, 0.1) is 0 Å². The Morgan fingerprint density at radius 1 is 0.356 bits per heavy atom. The molecule has 0 saturated heterocycles. The van der Waals surface area contributed by atoms with Gasteiger partial charge in [-0.15, -0.1) is 11.3 Å². The molecule has 0 atom stereocenters. The normalized spacial score (nSPS) is 11.4. The van der Waals surface area contributed by atoms with E-state index in [9.17, 15) is 0 Å². The van der Waals surface area contributed by atoms with E-state index in [2.05, 4.69) is 170 Å². The average molecular weight is 587 g/mol. The first-order valence-corrected chi connectivity index (χ1v) is 16.1. The molecule has 45 heavy (non-hydrogen) atoms. The van der Waals surface area contributed by atoms with E-state index >= 15 is 0 Å².